The summed E-state index contributed by atoms with van der Waals surface area (Å²) in [4.78, 5) is 10.8. The number of carbonyl (C=O) groups is 1. The summed E-state index contributed by atoms with van der Waals surface area (Å²) >= 11 is 0. The van der Waals surface area contributed by atoms with Crippen LogP contribution in [-0.2, 0) is 0 Å². The van der Waals surface area contributed by atoms with Crippen LogP contribution in [-0.4, -0.2) is 30.0 Å². The second-order valence-electron chi connectivity index (χ2n) is 5.36. The Morgan fingerprint density at radius 1 is 1.39 bits per heavy atom. The van der Waals surface area contributed by atoms with Crippen molar-refractivity contribution in [2.24, 2.45) is 0 Å². The van der Waals surface area contributed by atoms with Gasteiger partial charge in [0.05, 0.1) is 13.8 Å². The van der Waals surface area contributed by atoms with Gasteiger partial charge in [-0.05, 0) is 18.6 Å². The highest BCUT2D eigenvalue weighted by Crippen LogP contribution is 2.26. The Bertz CT molecular complexity index is 437. The molecule has 2 N–H and O–H groups in total. The van der Waals surface area contributed by atoms with E-state index >= 15 is 0 Å². The van der Waals surface area contributed by atoms with Crippen LogP contribution in [0.4, 0.5) is 0 Å². The fourth-order valence-electron chi connectivity index (χ4n) is 1.80. The normalized spacial score (nSPS) is 13.1. The van der Waals surface area contributed by atoms with Crippen LogP contribution in [0.15, 0.2) is 18.2 Å². The molecule has 0 aromatic heterocycles. The second kappa shape index (κ2) is 5.43. The highest BCUT2D eigenvalue weighted by molar-refractivity contribution is 6.77. The number of aromatic carboxylic acids is 1. The lowest BCUT2D eigenvalue weighted by Gasteiger charge is -2.28. The molecule has 1 rings (SSSR count). The van der Waals surface area contributed by atoms with Gasteiger partial charge in [-0.15, -0.1) is 0 Å². The van der Waals surface area contributed by atoms with Gasteiger partial charge in [0, 0.05) is 6.07 Å². The number of carboxylic acids is 1. The van der Waals surface area contributed by atoms with Gasteiger partial charge in [0.25, 0.3) is 0 Å². The molecule has 0 aliphatic rings. The summed E-state index contributed by atoms with van der Waals surface area (Å²) in [5.41, 5.74) is 0.0379. The first-order valence-corrected chi connectivity index (χ1v) is 9.56. The third kappa shape index (κ3) is 3.50. The Labute approximate surface area is 108 Å². The summed E-state index contributed by atoms with van der Waals surface area (Å²) in [5, 5.41) is 18.4. The van der Waals surface area contributed by atoms with Crippen molar-refractivity contribution in [2.45, 2.75) is 38.7 Å². The number of hydrogen-bond acceptors (Lipinski definition) is 3. The average molecular weight is 268 g/mol. The van der Waals surface area contributed by atoms with Crippen LogP contribution in [0.3, 0.4) is 0 Å². The third-order valence-electron chi connectivity index (χ3n) is 2.81. The molecule has 5 heteroatoms. The number of phenols is 1. The number of hydrogen-bond donors (Lipinski definition) is 2. The zero-order chi connectivity index (χ0) is 13.9. The summed E-state index contributed by atoms with van der Waals surface area (Å²) < 4.78 is 5.85. The molecule has 0 aliphatic carbocycles. The van der Waals surface area contributed by atoms with E-state index in [9.17, 15) is 9.90 Å². The molecule has 1 unspecified atom stereocenters. The lowest BCUT2D eigenvalue weighted by Crippen LogP contribution is -2.42. The van der Waals surface area contributed by atoms with Crippen molar-refractivity contribution < 1.29 is 19.7 Å². The molecular formula is C13H20O4Si. The molecule has 0 amide bonds. The van der Waals surface area contributed by atoms with Gasteiger partial charge in [0.15, 0.2) is 0 Å². The number of carboxylic acid groups (broad SMARTS) is 1. The van der Waals surface area contributed by atoms with Gasteiger partial charge < -0.3 is 14.9 Å². The van der Waals surface area contributed by atoms with Crippen LogP contribution in [0.2, 0.25) is 19.6 Å². The zero-order valence-corrected chi connectivity index (χ0v) is 12.2. The summed E-state index contributed by atoms with van der Waals surface area (Å²) in [5.74, 6) is -0.881. The molecule has 0 fully saturated rings. The van der Waals surface area contributed by atoms with E-state index in [0.29, 0.717) is 5.75 Å². The van der Waals surface area contributed by atoms with Crippen LogP contribution < -0.4 is 4.74 Å². The molecule has 0 saturated carbocycles. The Morgan fingerprint density at radius 2 is 2.00 bits per heavy atom. The first-order valence-electron chi connectivity index (χ1n) is 5.98. The van der Waals surface area contributed by atoms with Crippen molar-refractivity contribution in [2.75, 3.05) is 0 Å². The first kappa shape index (κ1) is 14.6. The molecule has 0 saturated heterocycles. The second-order valence-corrected chi connectivity index (χ2v) is 10.7. The van der Waals surface area contributed by atoms with Crippen molar-refractivity contribution in [1.29, 1.82) is 0 Å². The van der Waals surface area contributed by atoms with E-state index in [1.807, 2.05) is 0 Å². The van der Waals surface area contributed by atoms with Crippen molar-refractivity contribution in [3.05, 3.63) is 23.8 Å². The van der Waals surface area contributed by atoms with Gasteiger partial charge in [0.1, 0.15) is 17.1 Å². The zero-order valence-electron chi connectivity index (χ0n) is 11.2. The third-order valence-corrected chi connectivity index (χ3v) is 5.27. The smallest absolute Gasteiger partial charge is 0.339 e. The fourth-order valence-corrected chi connectivity index (χ4v) is 3.52. The van der Waals surface area contributed by atoms with Gasteiger partial charge in [-0.2, -0.15) is 0 Å². The number of aromatic hydroxyl groups is 1. The lowest BCUT2D eigenvalue weighted by atomic mass is 10.2. The van der Waals surface area contributed by atoms with Crippen LogP contribution in [0.5, 0.6) is 11.5 Å². The summed E-state index contributed by atoms with van der Waals surface area (Å²) in [6.07, 6.45) is 0.900. The summed E-state index contributed by atoms with van der Waals surface area (Å²) in [6, 6.07) is 4.32. The highest BCUT2D eigenvalue weighted by Gasteiger charge is 2.27. The maximum Gasteiger partial charge on any atom is 0.339 e. The molecule has 0 heterocycles. The number of rotatable bonds is 5. The molecular weight excluding hydrogens is 248 g/mol. The number of ether oxygens (including phenoxy) is 1. The van der Waals surface area contributed by atoms with Crippen molar-refractivity contribution >= 4 is 14.0 Å². The van der Waals surface area contributed by atoms with E-state index in [1.54, 1.807) is 6.07 Å². The summed E-state index contributed by atoms with van der Waals surface area (Å²) in [7, 11) is -1.44. The minimum absolute atomic E-state index is 0.108. The molecule has 100 valence electrons. The molecule has 18 heavy (non-hydrogen) atoms. The molecule has 4 nitrogen and oxygen atoms in total. The van der Waals surface area contributed by atoms with Gasteiger partial charge >= 0.3 is 5.97 Å². The Kier molecular flexibility index (Phi) is 4.40. The van der Waals surface area contributed by atoms with Crippen molar-refractivity contribution in [3.8, 4) is 11.5 Å². The molecule has 1 aromatic rings. The van der Waals surface area contributed by atoms with Gasteiger partial charge in [0.2, 0.25) is 0 Å². The maximum absolute atomic E-state index is 10.8. The SMILES string of the molecule is CCC(Oc1ccc(C(=O)O)c(O)c1)[Si](C)(C)C. The van der Waals surface area contributed by atoms with E-state index in [1.165, 1.54) is 12.1 Å². The molecule has 0 bridgehead atoms. The Balaban J connectivity index is 2.92. The predicted molar refractivity (Wildman–Crippen MR) is 73.1 cm³/mol. The van der Waals surface area contributed by atoms with E-state index in [2.05, 4.69) is 26.6 Å². The van der Waals surface area contributed by atoms with E-state index < -0.39 is 14.0 Å². The topological polar surface area (TPSA) is 66.8 Å². The predicted octanol–water partition coefficient (Wildman–Crippen LogP) is 3.13. The molecule has 0 radical (unpaired) electrons. The molecule has 1 aromatic carbocycles. The quantitative estimate of drug-likeness (QED) is 0.805. The molecule has 0 aliphatic heterocycles. The molecule has 0 spiro atoms. The van der Waals surface area contributed by atoms with Crippen molar-refractivity contribution in [3.63, 3.8) is 0 Å². The van der Waals surface area contributed by atoms with E-state index in [-0.39, 0.29) is 17.0 Å². The van der Waals surface area contributed by atoms with Gasteiger partial charge in [-0.25, -0.2) is 4.79 Å². The first-order chi connectivity index (χ1) is 8.25. The van der Waals surface area contributed by atoms with Crippen LogP contribution in [0.25, 0.3) is 0 Å². The number of benzene rings is 1. The van der Waals surface area contributed by atoms with Crippen molar-refractivity contribution in [1.82, 2.24) is 0 Å². The fraction of sp³-hybridized carbons (Fsp3) is 0.462. The maximum atomic E-state index is 10.8. The van der Waals surface area contributed by atoms with Gasteiger partial charge in [-0.3, -0.25) is 0 Å². The average Bonchev–Trinajstić information content (AvgIpc) is 2.23. The van der Waals surface area contributed by atoms with Crippen LogP contribution in [0, 0.1) is 0 Å². The Morgan fingerprint density at radius 3 is 2.39 bits per heavy atom. The molecule has 1 atom stereocenters. The van der Waals surface area contributed by atoms with Crippen LogP contribution in [0.1, 0.15) is 23.7 Å². The largest absolute Gasteiger partial charge is 0.507 e. The minimum Gasteiger partial charge on any atom is -0.507 e. The standard InChI is InChI=1S/C13H20O4Si/c1-5-12(18(2,3)4)17-9-6-7-10(13(15)16)11(14)8-9/h6-8,12,14H,5H2,1-4H3,(H,15,16). The minimum atomic E-state index is -1.44. The lowest BCUT2D eigenvalue weighted by molar-refractivity contribution is 0.0693. The Hall–Kier alpha value is -1.49. The van der Waals surface area contributed by atoms with E-state index in [0.717, 1.165) is 6.42 Å². The summed E-state index contributed by atoms with van der Waals surface area (Å²) in [6.45, 7) is 8.71. The van der Waals surface area contributed by atoms with Crippen LogP contribution >= 0.6 is 0 Å². The van der Waals surface area contributed by atoms with Gasteiger partial charge in [-0.1, -0.05) is 26.6 Å². The monoisotopic (exact) mass is 268 g/mol. The van der Waals surface area contributed by atoms with E-state index in [4.69, 9.17) is 9.84 Å². The highest BCUT2D eigenvalue weighted by atomic mass is 28.3.